The maximum atomic E-state index is 11.9. The highest BCUT2D eigenvalue weighted by atomic mass is 127. The molecule has 2 fully saturated rings. The number of hydrogen-bond donors (Lipinski definition) is 3. The summed E-state index contributed by atoms with van der Waals surface area (Å²) >= 11 is 0. The maximum Gasteiger partial charge on any atom is 0.234 e. The number of nitrogens with one attached hydrogen (secondary N) is 2. The van der Waals surface area contributed by atoms with Crippen LogP contribution in [0.5, 0.6) is 0 Å². The third-order valence-corrected chi connectivity index (χ3v) is 5.16. The Balaban J connectivity index is 0.00000338. The van der Waals surface area contributed by atoms with E-state index in [9.17, 15) is 9.90 Å². The first kappa shape index (κ1) is 23.4. The molecule has 0 aromatic carbocycles. The van der Waals surface area contributed by atoms with Crippen molar-refractivity contribution in [3.8, 4) is 0 Å². The van der Waals surface area contributed by atoms with E-state index in [0.717, 1.165) is 51.5 Å². The number of nitrogens with zero attached hydrogens (tertiary/aromatic N) is 3. The Morgan fingerprint density at radius 1 is 1.15 bits per heavy atom. The molecule has 7 nitrogen and oxygen atoms in total. The zero-order chi connectivity index (χ0) is 18.3. The SMILES string of the molecule is CCNC(=NCC(O)(CC)CC)N1CCN(CC(=O)NC2CC2)CC1.I. The van der Waals surface area contributed by atoms with Gasteiger partial charge in [0.1, 0.15) is 0 Å². The Morgan fingerprint density at radius 3 is 2.27 bits per heavy atom. The van der Waals surface area contributed by atoms with Crippen LogP contribution >= 0.6 is 24.0 Å². The molecule has 2 aliphatic rings. The van der Waals surface area contributed by atoms with Crippen LogP contribution in [0.15, 0.2) is 4.99 Å². The third-order valence-electron chi connectivity index (χ3n) is 5.16. The van der Waals surface area contributed by atoms with E-state index in [1.807, 2.05) is 13.8 Å². The largest absolute Gasteiger partial charge is 0.388 e. The Morgan fingerprint density at radius 2 is 1.77 bits per heavy atom. The molecule has 1 aliphatic heterocycles. The summed E-state index contributed by atoms with van der Waals surface area (Å²) in [5.74, 6) is 1.01. The van der Waals surface area contributed by atoms with Gasteiger partial charge in [0.15, 0.2) is 5.96 Å². The lowest BCUT2D eigenvalue weighted by molar-refractivity contribution is -0.122. The summed E-state index contributed by atoms with van der Waals surface area (Å²) in [6, 6.07) is 0.428. The molecule has 0 radical (unpaired) electrons. The Kier molecular flexibility index (Phi) is 10.2. The lowest BCUT2D eigenvalue weighted by Crippen LogP contribution is -2.54. The van der Waals surface area contributed by atoms with Crippen LogP contribution in [0.2, 0.25) is 0 Å². The number of aliphatic hydroxyl groups is 1. The molecule has 1 heterocycles. The predicted octanol–water partition coefficient (Wildman–Crippen LogP) is 1.02. The molecule has 0 aromatic rings. The van der Waals surface area contributed by atoms with Crippen LogP contribution in [-0.2, 0) is 4.79 Å². The molecule has 26 heavy (non-hydrogen) atoms. The Hall–Kier alpha value is -0.610. The average molecular weight is 481 g/mol. The van der Waals surface area contributed by atoms with Gasteiger partial charge in [-0.15, -0.1) is 24.0 Å². The quantitative estimate of drug-likeness (QED) is 0.274. The van der Waals surface area contributed by atoms with Crippen LogP contribution in [0.25, 0.3) is 0 Å². The fourth-order valence-corrected chi connectivity index (χ4v) is 2.94. The number of guanidine groups is 1. The summed E-state index contributed by atoms with van der Waals surface area (Å²) in [6.07, 6.45) is 3.67. The van der Waals surface area contributed by atoms with Crippen molar-refractivity contribution < 1.29 is 9.90 Å². The van der Waals surface area contributed by atoms with Gasteiger partial charge in [-0.05, 0) is 32.6 Å². The predicted molar refractivity (Wildman–Crippen MR) is 116 cm³/mol. The molecule has 0 spiro atoms. The first-order valence-corrected chi connectivity index (χ1v) is 9.77. The fourth-order valence-electron chi connectivity index (χ4n) is 2.94. The molecule has 8 heteroatoms. The fraction of sp³-hybridized carbons (Fsp3) is 0.889. The van der Waals surface area contributed by atoms with Gasteiger partial charge in [-0.25, -0.2) is 0 Å². The summed E-state index contributed by atoms with van der Waals surface area (Å²) in [5, 5.41) is 16.8. The monoisotopic (exact) mass is 481 g/mol. The standard InChI is InChI=1S/C18H35N5O2.HI/c1-4-18(25,5-2)14-20-17(19-6-3)23-11-9-22(10-12-23)13-16(24)21-15-7-8-15;/h15,25H,4-14H2,1-3H3,(H,19,20)(H,21,24);1H. The normalized spacial score (nSPS) is 19.1. The first-order chi connectivity index (χ1) is 12.0. The van der Waals surface area contributed by atoms with Gasteiger partial charge in [-0.3, -0.25) is 14.7 Å². The van der Waals surface area contributed by atoms with Crippen LogP contribution in [0.1, 0.15) is 46.5 Å². The van der Waals surface area contributed by atoms with Crippen molar-refractivity contribution in [2.24, 2.45) is 4.99 Å². The molecule has 152 valence electrons. The maximum absolute atomic E-state index is 11.9. The van der Waals surface area contributed by atoms with E-state index in [1.165, 1.54) is 0 Å². The summed E-state index contributed by atoms with van der Waals surface area (Å²) in [7, 11) is 0. The van der Waals surface area contributed by atoms with Crippen molar-refractivity contribution in [3.63, 3.8) is 0 Å². The van der Waals surface area contributed by atoms with Crippen LogP contribution < -0.4 is 10.6 Å². The minimum atomic E-state index is -0.719. The molecule has 1 saturated carbocycles. The van der Waals surface area contributed by atoms with Gasteiger partial charge in [0.2, 0.25) is 5.91 Å². The third kappa shape index (κ3) is 7.56. The minimum absolute atomic E-state index is 0. The van der Waals surface area contributed by atoms with E-state index >= 15 is 0 Å². The summed E-state index contributed by atoms with van der Waals surface area (Å²) in [4.78, 5) is 21.0. The van der Waals surface area contributed by atoms with Gasteiger partial charge in [0.05, 0.1) is 18.7 Å². The zero-order valence-corrected chi connectivity index (χ0v) is 18.8. The lowest BCUT2D eigenvalue weighted by Gasteiger charge is -2.36. The van der Waals surface area contributed by atoms with E-state index in [4.69, 9.17) is 0 Å². The van der Waals surface area contributed by atoms with Crippen molar-refractivity contribution in [2.75, 3.05) is 45.8 Å². The number of halogens is 1. The van der Waals surface area contributed by atoms with Crippen molar-refractivity contribution in [2.45, 2.75) is 58.1 Å². The second-order valence-corrected chi connectivity index (χ2v) is 7.21. The van der Waals surface area contributed by atoms with Crippen LogP contribution in [0, 0.1) is 0 Å². The number of hydrogen-bond acceptors (Lipinski definition) is 4. The van der Waals surface area contributed by atoms with Gasteiger partial charge < -0.3 is 20.6 Å². The molecular formula is C18H36IN5O2. The number of carbonyl (C=O) groups is 1. The molecule has 0 bridgehead atoms. The van der Waals surface area contributed by atoms with Crippen molar-refractivity contribution in [3.05, 3.63) is 0 Å². The van der Waals surface area contributed by atoms with E-state index in [2.05, 4.69) is 32.3 Å². The van der Waals surface area contributed by atoms with E-state index in [1.54, 1.807) is 0 Å². The minimum Gasteiger partial charge on any atom is -0.388 e. The second kappa shape index (κ2) is 11.3. The van der Waals surface area contributed by atoms with E-state index < -0.39 is 5.60 Å². The number of piperazine rings is 1. The molecule has 0 aromatic heterocycles. The summed E-state index contributed by atoms with van der Waals surface area (Å²) < 4.78 is 0. The van der Waals surface area contributed by atoms with E-state index in [0.29, 0.717) is 32.0 Å². The number of aliphatic imine (C=N–C) groups is 1. The molecule has 1 amide bonds. The van der Waals surface area contributed by atoms with Crippen LogP contribution in [0.3, 0.4) is 0 Å². The molecule has 0 unspecified atom stereocenters. The van der Waals surface area contributed by atoms with Gasteiger partial charge in [-0.1, -0.05) is 13.8 Å². The Labute approximate surface area is 175 Å². The molecular weight excluding hydrogens is 445 g/mol. The molecule has 1 aliphatic carbocycles. The number of carbonyl (C=O) groups excluding carboxylic acids is 1. The van der Waals surface area contributed by atoms with Crippen molar-refractivity contribution >= 4 is 35.8 Å². The topological polar surface area (TPSA) is 80.2 Å². The highest BCUT2D eigenvalue weighted by Crippen LogP contribution is 2.18. The highest BCUT2D eigenvalue weighted by molar-refractivity contribution is 14.0. The van der Waals surface area contributed by atoms with Gasteiger partial charge >= 0.3 is 0 Å². The highest BCUT2D eigenvalue weighted by Gasteiger charge is 2.26. The lowest BCUT2D eigenvalue weighted by atomic mass is 9.98. The number of amides is 1. The Bertz CT molecular complexity index is 458. The van der Waals surface area contributed by atoms with E-state index in [-0.39, 0.29) is 29.9 Å². The van der Waals surface area contributed by atoms with Crippen LogP contribution in [-0.4, -0.2) is 84.2 Å². The molecule has 0 atom stereocenters. The van der Waals surface area contributed by atoms with Crippen LogP contribution in [0.4, 0.5) is 0 Å². The van der Waals surface area contributed by atoms with Crippen molar-refractivity contribution in [1.82, 2.24) is 20.4 Å². The van der Waals surface area contributed by atoms with Gasteiger partial charge in [-0.2, -0.15) is 0 Å². The second-order valence-electron chi connectivity index (χ2n) is 7.21. The zero-order valence-electron chi connectivity index (χ0n) is 16.5. The smallest absolute Gasteiger partial charge is 0.234 e. The van der Waals surface area contributed by atoms with Crippen molar-refractivity contribution in [1.29, 1.82) is 0 Å². The summed E-state index contributed by atoms with van der Waals surface area (Å²) in [6.45, 7) is 11.2. The average Bonchev–Trinajstić information content (AvgIpc) is 3.43. The summed E-state index contributed by atoms with van der Waals surface area (Å²) in [5.41, 5.74) is -0.719. The first-order valence-electron chi connectivity index (χ1n) is 9.77. The van der Waals surface area contributed by atoms with Gasteiger partial charge in [0, 0.05) is 38.8 Å². The molecule has 2 rings (SSSR count). The molecule has 3 N–H and O–H groups in total. The van der Waals surface area contributed by atoms with Gasteiger partial charge in [0.25, 0.3) is 0 Å². The number of rotatable bonds is 8. The molecule has 1 saturated heterocycles.